The Labute approximate surface area is 129 Å². The van der Waals surface area contributed by atoms with Crippen LogP contribution in [-0.2, 0) is 17.8 Å². The first-order valence-corrected chi connectivity index (χ1v) is 8.23. The highest BCUT2D eigenvalue weighted by atomic mass is 32.1. The molecule has 0 saturated heterocycles. The molecule has 2 heterocycles. The Hall–Kier alpha value is -1.65. The number of nitrogens with one attached hydrogen (secondary N) is 1. The number of nitrogens with zero attached hydrogens (tertiary/aromatic N) is 1. The van der Waals surface area contributed by atoms with Crippen molar-refractivity contribution in [2.75, 3.05) is 13.1 Å². The summed E-state index contributed by atoms with van der Waals surface area (Å²) < 4.78 is 0. The Bertz CT molecular complexity index is 609. The van der Waals surface area contributed by atoms with Crippen molar-refractivity contribution in [2.24, 2.45) is 0 Å². The van der Waals surface area contributed by atoms with Crippen molar-refractivity contribution < 1.29 is 4.79 Å². The molecule has 1 N–H and O–H groups in total. The standard InChI is InChI=1S/C17H20N2OS/c1-13-16-7-3-2-5-14(16)8-9-19(13)12-17(20)18-11-15-6-4-10-21-15/h2-7,10,13H,8-9,11-12H2,1H3,(H,18,20). The van der Waals surface area contributed by atoms with Gasteiger partial charge in [0, 0.05) is 17.5 Å². The summed E-state index contributed by atoms with van der Waals surface area (Å²) >= 11 is 1.67. The number of hydrogen-bond donors (Lipinski definition) is 1. The quantitative estimate of drug-likeness (QED) is 0.941. The van der Waals surface area contributed by atoms with Crippen molar-refractivity contribution in [2.45, 2.75) is 25.9 Å². The molecule has 3 nitrogen and oxygen atoms in total. The number of fused-ring (bicyclic) bond motifs is 1. The SMILES string of the molecule is CC1c2ccccc2CCN1CC(=O)NCc1cccs1. The summed E-state index contributed by atoms with van der Waals surface area (Å²) in [5.41, 5.74) is 2.77. The molecule has 0 fully saturated rings. The van der Waals surface area contributed by atoms with E-state index in [0.29, 0.717) is 19.1 Å². The summed E-state index contributed by atoms with van der Waals surface area (Å²) in [5.74, 6) is 0.106. The van der Waals surface area contributed by atoms with Crippen LogP contribution < -0.4 is 5.32 Å². The average molecular weight is 300 g/mol. The van der Waals surface area contributed by atoms with Crippen LogP contribution in [0.4, 0.5) is 0 Å². The zero-order valence-electron chi connectivity index (χ0n) is 12.2. The van der Waals surface area contributed by atoms with Crippen LogP contribution >= 0.6 is 11.3 Å². The monoisotopic (exact) mass is 300 g/mol. The van der Waals surface area contributed by atoms with E-state index in [1.807, 2.05) is 17.5 Å². The van der Waals surface area contributed by atoms with Crippen LogP contribution in [0.1, 0.15) is 29.0 Å². The summed E-state index contributed by atoms with van der Waals surface area (Å²) in [6.45, 7) is 4.24. The lowest BCUT2D eigenvalue weighted by Crippen LogP contribution is -2.41. The minimum absolute atomic E-state index is 0.106. The van der Waals surface area contributed by atoms with Gasteiger partial charge in [0.05, 0.1) is 13.1 Å². The molecule has 1 aromatic heterocycles. The second-order valence-electron chi connectivity index (χ2n) is 5.45. The normalized spacial score (nSPS) is 18.2. The van der Waals surface area contributed by atoms with Crippen molar-refractivity contribution in [3.63, 3.8) is 0 Å². The molecule has 0 aliphatic carbocycles. The first-order chi connectivity index (χ1) is 10.2. The summed E-state index contributed by atoms with van der Waals surface area (Å²) in [5, 5.41) is 5.04. The van der Waals surface area contributed by atoms with Crippen molar-refractivity contribution >= 4 is 17.2 Å². The van der Waals surface area contributed by atoms with Gasteiger partial charge in [-0.1, -0.05) is 30.3 Å². The van der Waals surface area contributed by atoms with E-state index >= 15 is 0 Å². The Morgan fingerprint density at radius 3 is 3.00 bits per heavy atom. The lowest BCUT2D eigenvalue weighted by Gasteiger charge is -2.34. The molecule has 3 rings (SSSR count). The highest BCUT2D eigenvalue weighted by molar-refractivity contribution is 7.09. The Morgan fingerprint density at radius 2 is 2.19 bits per heavy atom. The van der Waals surface area contributed by atoms with Gasteiger partial charge in [0.1, 0.15) is 0 Å². The maximum Gasteiger partial charge on any atom is 0.234 e. The van der Waals surface area contributed by atoms with Crippen LogP contribution in [-0.4, -0.2) is 23.9 Å². The van der Waals surface area contributed by atoms with E-state index in [1.54, 1.807) is 11.3 Å². The molecule has 1 unspecified atom stereocenters. The minimum atomic E-state index is 0.106. The first kappa shape index (κ1) is 14.3. The Balaban J connectivity index is 1.57. The summed E-state index contributed by atoms with van der Waals surface area (Å²) in [7, 11) is 0. The van der Waals surface area contributed by atoms with E-state index in [4.69, 9.17) is 0 Å². The zero-order chi connectivity index (χ0) is 14.7. The van der Waals surface area contributed by atoms with Crippen LogP contribution in [0.5, 0.6) is 0 Å². The lowest BCUT2D eigenvalue weighted by molar-refractivity contribution is -0.123. The fraction of sp³-hybridized carbons (Fsp3) is 0.353. The van der Waals surface area contributed by atoms with E-state index in [2.05, 4.69) is 41.4 Å². The van der Waals surface area contributed by atoms with Gasteiger partial charge >= 0.3 is 0 Å². The second-order valence-corrected chi connectivity index (χ2v) is 6.48. The van der Waals surface area contributed by atoms with Gasteiger partial charge in [-0.15, -0.1) is 11.3 Å². The molecule has 4 heteroatoms. The molecule has 1 amide bonds. The number of thiophene rings is 1. The van der Waals surface area contributed by atoms with Crippen molar-refractivity contribution in [3.8, 4) is 0 Å². The fourth-order valence-corrected chi connectivity index (χ4v) is 3.52. The highest BCUT2D eigenvalue weighted by Crippen LogP contribution is 2.28. The molecule has 0 spiro atoms. The van der Waals surface area contributed by atoms with E-state index in [9.17, 15) is 4.79 Å². The van der Waals surface area contributed by atoms with Crippen LogP contribution in [0.2, 0.25) is 0 Å². The van der Waals surface area contributed by atoms with Crippen LogP contribution in [0, 0.1) is 0 Å². The predicted molar refractivity (Wildman–Crippen MR) is 86.3 cm³/mol. The molecular formula is C17H20N2OS. The van der Waals surface area contributed by atoms with Gasteiger partial charge < -0.3 is 5.32 Å². The lowest BCUT2D eigenvalue weighted by atomic mass is 9.94. The number of rotatable bonds is 4. The number of hydrogen-bond acceptors (Lipinski definition) is 3. The molecule has 1 aromatic carbocycles. The molecule has 21 heavy (non-hydrogen) atoms. The zero-order valence-corrected chi connectivity index (χ0v) is 13.0. The summed E-state index contributed by atoms with van der Waals surface area (Å²) in [4.78, 5) is 15.6. The molecular weight excluding hydrogens is 280 g/mol. The summed E-state index contributed by atoms with van der Waals surface area (Å²) in [6, 6.07) is 12.9. The highest BCUT2D eigenvalue weighted by Gasteiger charge is 2.24. The van der Waals surface area contributed by atoms with Crippen LogP contribution in [0.25, 0.3) is 0 Å². The van der Waals surface area contributed by atoms with Gasteiger partial charge in [-0.25, -0.2) is 0 Å². The molecule has 1 aliphatic rings. The van der Waals surface area contributed by atoms with Crippen molar-refractivity contribution in [1.82, 2.24) is 10.2 Å². The van der Waals surface area contributed by atoms with Gasteiger partial charge in [-0.2, -0.15) is 0 Å². The molecule has 0 saturated carbocycles. The summed E-state index contributed by atoms with van der Waals surface area (Å²) in [6.07, 6.45) is 1.03. The smallest absolute Gasteiger partial charge is 0.234 e. The van der Waals surface area contributed by atoms with E-state index < -0.39 is 0 Å². The largest absolute Gasteiger partial charge is 0.350 e. The molecule has 0 radical (unpaired) electrons. The van der Waals surface area contributed by atoms with Gasteiger partial charge in [0.2, 0.25) is 5.91 Å². The van der Waals surface area contributed by atoms with Crippen molar-refractivity contribution in [3.05, 3.63) is 57.8 Å². The van der Waals surface area contributed by atoms with Gasteiger partial charge in [-0.3, -0.25) is 9.69 Å². The average Bonchev–Trinajstić information content (AvgIpc) is 3.02. The number of amides is 1. The number of carbonyl (C=O) groups is 1. The number of carbonyl (C=O) groups excluding carboxylic acids is 1. The van der Waals surface area contributed by atoms with E-state index in [1.165, 1.54) is 16.0 Å². The van der Waals surface area contributed by atoms with Crippen LogP contribution in [0.3, 0.4) is 0 Å². The molecule has 110 valence electrons. The first-order valence-electron chi connectivity index (χ1n) is 7.35. The fourth-order valence-electron chi connectivity index (χ4n) is 2.88. The minimum Gasteiger partial charge on any atom is -0.350 e. The number of benzene rings is 1. The third kappa shape index (κ3) is 3.34. The molecule has 2 aromatic rings. The third-order valence-electron chi connectivity index (χ3n) is 4.11. The van der Waals surface area contributed by atoms with Gasteiger partial charge in [0.15, 0.2) is 0 Å². The van der Waals surface area contributed by atoms with Gasteiger partial charge in [-0.05, 0) is 35.9 Å². The van der Waals surface area contributed by atoms with Crippen molar-refractivity contribution in [1.29, 1.82) is 0 Å². The van der Waals surface area contributed by atoms with Gasteiger partial charge in [0.25, 0.3) is 0 Å². The topological polar surface area (TPSA) is 32.3 Å². The molecule has 0 bridgehead atoms. The maximum atomic E-state index is 12.1. The van der Waals surface area contributed by atoms with E-state index in [-0.39, 0.29) is 5.91 Å². The maximum absolute atomic E-state index is 12.1. The second kappa shape index (κ2) is 6.41. The predicted octanol–water partition coefficient (Wildman–Crippen LogP) is 2.98. The van der Waals surface area contributed by atoms with E-state index in [0.717, 1.165) is 13.0 Å². The molecule has 1 atom stereocenters. The Kier molecular flexibility index (Phi) is 4.36. The van der Waals surface area contributed by atoms with Crippen LogP contribution in [0.15, 0.2) is 41.8 Å². The molecule has 1 aliphatic heterocycles. The Morgan fingerprint density at radius 1 is 1.33 bits per heavy atom. The third-order valence-corrected chi connectivity index (χ3v) is 4.98.